The average Bonchev–Trinajstić information content (AvgIpc) is 3.15. The number of thiophene rings is 1. The molecule has 0 aliphatic heterocycles. The molecular formula is C28H31N3O4S. The molecule has 2 heterocycles. The van der Waals surface area contributed by atoms with E-state index in [1.807, 2.05) is 27.7 Å². The van der Waals surface area contributed by atoms with Crippen LogP contribution in [0.1, 0.15) is 44.4 Å². The minimum Gasteiger partial charge on any atom is -0.494 e. The van der Waals surface area contributed by atoms with Gasteiger partial charge in [-0.2, -0.15) is 0 Å². The molecule has 0 radical (unpaired) electrons. The monoisotopic (exact) mass is 505 g/mol. The molecule has 0 unspecified atom stereocenters. The van der Waals surface area contributed by atoms with Gasteiger partial charge in [0.05, 0.1) is 29.1 Å². The summed E-state index contributed by atoms with van der Waals surface area (Å²) >= 11 is 1.20. The smallest absolute Gasteiger partial charge is 0.337 e. The van der Waals surface area contributed by atoms with Crippen LogP contribution >= 0.6 is 11.3 Å². The van der Waals surface area contributed by atoms with Crippen LogP contribution in [-0.4, -0.2) is 40.6 Å². The van der Waals surface area contributed by atoms with E-state index >= 15 is 0 Å². The number of fused-ring (bicyclic) bond motifs is 1. The first-order chi connectivity index (χ1) is 17.0. The van der Waals surface area contributed by atoms with Crippen molar-refractivity contribution in [3.05, 3.63) is 89.9 Å². The Kier molecular flexibility index (Phi) is 6.91. The highest BCUT2D eigenvalue weighted by Gasteiger charge is 2.25. The SMILES string of the molecule is CCOc1ccc(-n2c(=O)c3c(C)c(C(=O)N(C)C)sc3n(Cc3c(C)cc(C)cc3C)c2=O)cc1. The Hall–Kier alpha value is -3.65. The maximum Gasteiger partial charge on any atom is 0.337 e. The van der Waals surface area contributed by atoms with E-state index < -0.39 is 11.2 Å². The number of benzene rings is 2. The van der Waals surface area contributed by atoms with E-state index in [-0.39, 0.29) is 5.91 Å². The zero-order valence-electron chi connectivity index (χ0n) is 21.8. The maximum atomic E-state index is 13.9. The summed E-state index contributed by atoms with van der Waals surface area (Å²) in [6, 6.07) is 11.1. The second kappa shape index (κ2) is 9.78. The van der Waals surface area contributed by atoms with E-state index in [1.54, 1.807) is 49.9 Å². The van der Waals surface area contributed by atoms with Gasteiger partial charge in [0.2, 0.25) is 0 Å². The molecule has 0 bridgehead atoms. The van der Waals surface area contributed by atoms with Gasteiger partial charge in [-0.25, -0.2) is 9.36 Å². The number of carbonyl (C=O) groups is 1. The van der Waals surface area contributed by atoms with Crippen LogP contribution in [0.25, 0.3) is 15.9 Å². The molecule has 0 saturated heterocycles. The quantitative estimate of drug-likeness (QED) is 0.384. The summed E-state index contributed by atoms with van der Waals surface area (Å²) in [5.41, 5.74) is 4.48. The van der Waals surface area contributed by atoms with Gasteiger partial charge < -0.3 is 9.64 Å². The van der Waals surface area contributed by atoms with Crippen molar-refractivity contribution in [3.63, 3.8) is 0 Å². The fourth-order valence-electron chi connectivity index (χ4n) is 4.60. The third-order valence-electron chi connectivity index (χ3n) is 6.38. The lowest BCUT2D eigenvalue weighted by Crippen LogP contribution is -2.39. The standard InChI is InChI=1S/C28H31N3O4S/c1-8-35-21-11-9-20(10-12-21)31-25(32)23-19(5)24(26(33)29(6)7)36-27(23)30(28(31)34)15-22-17(3)13-16(2)14-18(22)4/h9-14H,8,15H2,1-7H3. The first-order valence-electron chi connectivity index (χ1n) is 11.9. The molecule has 0 aliphatic rings. The van der Waals surface area contributed by atoms with Crippen LogP contribution in [0.2, 0.25) is 0 Å². The van der Waals surface area contributed by atoms with Crippen molar-refractivity contribution < 1.29 is 9.53 Å². The molecule has 2 aromatic carbocycles. The first-order valence-corrected chi connectivity index (χ1v) is 12.7. The molecule has 0 spiro atoms. The Morgan fingerprint density at radius 3 is 2.17 bits per heavy atom. The predicted octanol–water partition coefficient (Wildman–Crippen LogP) is 4.60. The molecule has 0 fully saturated rings. The van der Waals surface area contributed by atoms with Gasteiger partial charge in [-0.15, -0.1) is 11.3 Å². The van der Waals surface area contributed by atoms with Gasteiger partial charge in [-0.3, -0.25) is 14.2 Å². The van der Waals surface area contributed by atoms with Crippen LogP contribution < -0.4 is 16.0 Å². The molecule has 8 heteroatoms. The van der Waals surface area contributed by atoms with Crippen molar-refractivity contribution in [1.82, 2.24) is 14.0 Å². The zero-order chi connectivity index (χ0) is 26.3. The first kappa shape index (κ1) is 25.4. The van der Waals surface area contributed by atoms with Crippen LogP contribution in [0.4, 0.5) is 0 Å². The summed E-state index contributed by atoms with van der Waals surface area (Å²) in [6.07, 6.45) is 0. The number of amides is 1. The average molecular weight is 506 g/mol. The normalized spacial score (nSPS) is 11.2. The Balaban J connectivity index is 2.05. The fraction of sp³-hybridized carbons (Fsp3) is 0.321. The summed E-state index contributed by atoms with van der Waals surface area (Å²) < 4.78 is 8.35. The van der Waals surface area contributed by atoms with E-state index in [4.69, 9.17) is 4.74 Å². The van der Waals surface area contributed by atoms with E-state index in [0.29, 0.717) is 45.2 Å². The van der Waals surface area contributed by atoms with Gasteiger partial charge in [0, 0.05) is 14.1 Å². The lowest BCUT2D eigenvalue weighted by molar-refractivity contribution is 0.0831. The van der Waals surface area contributed by atoms with Gasteiger partial charge in [0.15, 0.2) is 0 Å². The third-order valence-corrected chi connectivity index (χ3v) is 7.68. The second-order valence-corrected chi connectivity index (χ2v) is 10.2. The zero-order valence-corrected chi connectivity index (χ0v) is 22.6. The Bertz CT molecular complexity index is 1570. The molecule has 36 heavy (non-hydrogen) atoms. The minimum absolute atomic E-state index is 0.192. The van der Waals surface area contributed by atoms with Crippen LogP contribution in [0, 0.1) is 27.7 Å². The third kappa shape index (κ3) is 4.37. The maximum absolute atomic E-state index is 13.9. The minimum atomic E-state index is -0.443. The number of aromatic nitrogens is 2. The summed E-state index contributed by atoms with van der Waals surface area (Å²) in [6.45, 7) is 10.6. The summed E-state index contributed by atoms with van der Waals surface area (Å²) in [7, 11) is 3.35. The van der Waals surface area contributed by atoms with Crippen molar-refractivity contribution >= 4 is 27.5 Å². The van der Waals surface area contributed by atoms with Gasteiger partial charge in [-0.1, -0.05) is 17.7 Å². The molecule has 0 aliphatic carbocycles. The van der Waals surface area contributed by atoms with Gasteiger partial charge in [0.25, 0.3) is 11.5 Å². The molecule has 4 aromatic rings. The van der Waals surface area contributed by atoms with Crippen molar-refractivity contribution in [2.45, 2.75) is 41.2 Å². The second-order valence-electron chi connectivity index (χ2n) is 9.25. The topological polar surface area (TPSA) is 73.5 Å². The summed E-state index contributed by atoms with van der Waals surface area (Å²) in [5.74, 6) is 0.467. The van der Waals surface area contributed by atoms with Crippen molar-refractivity contribution in [1.29, 1.82) is 0 Å². The summed E-state index contributed by atoms with van der Waals surface area (Å²) in [4.78, 5) is 43.1. The molecule has 0 saturated carbocycles. The van der Waals surface area contributed by atoms with E-state index in [2.05, 4.69) is 12.1 Å². The summed E-state index contributed by atoms with van der Waals surface area (Å²) in [5, 5.41) is 0.390. The lowest BCUT2D eigenvalue weighted by Gasteiger charge is -2.16. The van der Waals surface area contributed by atoms with Gasteiger partial charge in [0.1, 0.15) is 10.6 Å². The predicted molar refractivity (Wildman–Crippen MR) is 145 cm³/mol. The van der Waals surface area contributed by atoms with Crippen LogP contribution in [0.15, 0.2) is 46.0 Å². The van der Waals surface area contributed by atoms with Crippen molar-refractivity contribution in [2.24, 2.45) is 0 Å². The van der Waals surface area contributed by atoms with Crippen LogP contribution in [0.5, 0.6) is 5.75 Å². The highest BCUT2D eigenvalue weighted by molar-refractivity contribution is 7.20. The van der Waals surface area contributed by atoms with E-state index in [1.165, 1.54) is 20.8 Å². The van der Waals surface area contributed by atoms with Crippen LogP contribution in [0.3, 0.4) is 0 Å². The fourth-order valence-corrected chi connectivity index (χ4v) is 5.91. The van der Waals surface area contributed by atoms with Crippen molar-refractivity contribution in [2.75, 3.05) is 20.7 Å². The molecule has 0 N–H and O–H groups in total. The molecule has 188 valence electrons. The Labute approximate surface area is 214 Å². The van der Waals surface area contributed by atoms with Gasteiger partial charge >= 0.3 is 5.69 Å². The van der Waals surface area contributed by atoms with Crippen LogP contribution in [-0.2, 0) is 6.54 Å². The van der Waals surface area contributed by atoms with E-state index in [9.17, 15) is 14.4 Å². The van der Waals surface area contributed by atoms with E-state index in [0.717, 1.165) is 22.3 Å². The molecule has 4 rings (SSSR count). The van der Waals surface area contributed by atoms with Gasteiger partial charge in [-0.05, 0) is 81.1 Å². The lowest BCUT2D eigenvalue weighted by atomic mass is 10.00. The Morgan fingerprint density at radius 1 is 1.00 bits per heavy atom. The molecule has 2 aromatic heterocycles. The highest BCUT2D eigenvalue weighted by atomic mass is 32.1. The molecular weight excluding hydrogens is 474 g/mol. The number of nitrogens with zero attached hydrogens (tertiary/aromatic N) is 3. The van der Waals surface area contributed by atoms with Crippen molar-refractivity contribution in [3.8, 4) is 11.4 Å². The number of aryl methyl sites for hydroxylation is 4. The largest absolute Gasteiger partial charge is 0.494 e. The molecule has 1 amide bonds. The number of hydrogen-bond donors (Lipinski definition) is 0. The number of ether oxygens (including phenoxy) is 1. The number of rotatable bonds is 6. The highest BCUT2D eigenvalue weighted by Crippen LogP contribution is 2.30. The molecule has 7 nitrogen and oxygen atoms in total. The molecule has 0 atom stereocenters. The number of carbonyl (C=O) groups excluding carboxylic acids is 1. The Morgan fingerprint density at radius 2 is 1.61 bits per heavy atom. The number of hydrogen-bond acceptors (Lipinski definition) is 5.